The normalized spacial score (nSPS) is 10.1. The second-order valence-corrected chi connectivity index (χ2v) is 2.91. The molecule has 0 aliphatic rings. The molecule has 0 spiro atoms. The third kappa shape index (κ3) is 2.19. The molecule has 0 aromatic carbocycles. The van der Waals surface area contributed by atoms with Gasteiger partial charge in [-0.3, -0.25) is 4.98 Å². The van der Waals surface area contributed by atoms with Crippen LogP contribution >= 0.6 is 11.6 Å². The zero-order valence-corrected chi connectivity index (χ0v) is 7.65. The van der Waals surface area contributed by atoms with Crippen molar-refractivity contribution in [3.05, 3.63) is 28.5 Å². The van der Waals surface area contributed by atoms with E-state index in [0.717, 1.165) is 29.3 Å². The monoisotopic (exact) mass is 169 g/mol. The Hall–Kier alpha value is -0.560. The van der Waals surface area contributed by atoms with E-state index in [0.29, 0.717) is 0 Å². The number of aryl methyl sites for hydroxylation is 2. The van der Waals surface area contributed by atoms with Crippen LogP contribution in [-0.4, -0.2) is 4.98 Å². The summed E-state index contributed by atoms with van der Waals surface area (Å²) < 4.78 is 0. The largest absolute Gasteiger partial charge is 0.258 e. The zero-order chi connectivity index (χ0) is 8.27. The van der Waals surface area contributed by atoms with Crippen LogP contribution in [0.4, 0.5) is 0 Å². The van der Waals surface area contributed by atoms with E-state index in [1.54, 1.807) is 0 Å². The fourth-order valence-corrected chi connectivity index (χ4v) is 1.22. The van der Waals surface area contributed by atoms with E-state index in [4.69, 9.17) is 11.6 Å². The molecular weight excluding hydrogens is 158 g/mol. The molecule has 0 bridgehead atoms. The van der Waals surface area contributed by atoms with E-state index >= 15 is 0 Å². The molecule has 11 heavy (non-hydrogen) atoms. The topological polar surface area (TPSA) is 12.9 Å². The molecule has 1 rings (SSSR count). The summed E-state index contributed by atoms with van der Waals surface area (Å²) in [5.74, 6) is 0. The van der Waals surface area contributed by atoms with Gasteiger partial charge in [0.25, 0.3) is 0 Å². The fraction of sp³-hybridized carbons (Fsp3) is 0.444. The predicted octanol–water partition coefficient (Wildman–Crippen LogP) is 2.86. The van der Waals surface area contributed by atoms with Gasteiger partial charge in [-0.05, 0) is 25.0 Å². The third-order valence-corrected chi connectivity index (χ3v) is 1.84. The van der Waals surface area contributed by atoms with Gasteiger partial charge in [-0.1, -0.05) is 25.4 Å². The van der Waals surface area contributed by atoms with Gasteiger partial charge in [-0.15, -0.1) is 0 Å². The maximum atomic E-state index is 5.87. The molecule has 1 aromatic heterocycles. The van der Waals surface area contributed by atoms with Crippen LogP contribution in [-0.2, 0) is 12.8 Å². The van der Waals surface area contributed by atoms with Gasteiger partial charge in [0.1, 0.15) is 0 Å². The number of hydrogen-bond acceptors (Lipinski definition) is 1. The third-order valence-electron chi connectivity index (χ3n) is 1.62. The first-order valence-corrected chi connectivity index (χ1v) is 4.29. The number of aromatic nitrogens is 1. The molecule has 0 fully saturated rings. The van der Waals surface area contributed by atoms with Crippen molar-refractivity contribution >= 4 is 11.6 Å². The first-order valence-electron chi connectivity index (χ1n) is 3.91. The second-order valence-electron chi connectivity index (χ2n) is 2.48. The number of rotatable bonds is 2. The van der Waals surface area contributed by atoms with Gasteiger partial charge in [0.05, 0.1) is 0 Å². The molecule has 60 valence electrons. The molecule has 0 radical (unpaired) electrons. The van der Waals surface area contributed by atoms with Crippen LogP contribution in [0, 0.1) is 0 Å². The van der Waals surface area contributed by atoms with E-state index in [2.05, 4.69) is 18.8 Å². The van der Waals surface area contributed by atoms with Crippen molar-refractivity contribution in [1.29, 1.82) is 0 Å². The first-order chi connectivity index (χ1) is 5.26. The summed E-state index contributed by atoms with van der Waals surface area (Å²) in [6.45, 7) is 4.16. The van der Waals surface area contributed by atoms with Crippen LogP contribution in [0.25, 0.3) is 0 Å². The Morgan fingerprint density at radius 3 is 2.00 bits per heavy atom. The van der Waals surface area contributed by atoms with Crippen LogP contribution in [0.1, 0.15) is 25.2 Å². The summed E-state index contributed by atoms with van der Waals surface area (Å²) in [6, 6.07) is 3.83. The van der Waals surface area contributed by atoms with Crippen LogP contribution in [0.3, 0.4) is 0 Å². The highest BCUT2D eigenvalue weighted by Crippen LogP contribution is 2.12. The summed E-state index contributed by atoms with van der Waals surface area (Å²) in [5, 5.41) is 0.800. The highest BCUT2D eigenvalue weighted by atomic mass is 35.5. The summed E-state index contributed by atoms with van der Waals surface area (Å²) in [4.78, 5) is 4.39. The average Bonchev–Trinajstić information content (AvgIpc) is 2.03. The Balaban J connectivity index is 3.02. The lowest BCUT2D eigenvalue weighted by Gasteiger charge is -2.00. The highest BCUT2D eigenvalue weighted by Gasteiger charge is 1.97. The minimum absolute atomic E-state index is 0.800. The zero-order valence-electron chi connectivity index (χ0n) is 6.89. The van der Waals surface area contributed by atoms with Crippen molar-refractivity contribution in [1.82, 2.24) is 4.98 Å². The van der Waals surface area contributed by atoms with Gasteiger partial charge in [0.2, 0.25) is 0 Å². The van der Waals surface area contributed by atoms with E-state index in [1.165, 1.54) is 0 Å². The Bertz CT molecular complexity index is 223. The van der Waals surface area contributed by atoms with Crippen molar-refractivity contribution in [3.63, 3.8) is 0 Å². The quantitative estimate of drug-likeness (QED) is 0.664. The minimum Gasteiger partial charge on any atom is -0.258 e. The molecule has 0 aliphatic heterocycles. The molecule has 1 nitrogen and oxygen atoms in total. The Labute approximate surface area is 72.4 Å². The smallest absolute Gasteiger partial charge is 0.0442 e. The molecule has 0 N–H and O–H groups in total. The molecule has 1 aromatic rings. The Morgan fingerprint density at radius 2 is 1.64 bits per heavy atom. The highest BCUT2D eigenvalue weighted by molar-refractivity contribution is 6.30. The molecule has 0 aliphatic carbocycles. The van der Waals surface area contributed by atoms with Gasteiger partial charge in [-0.25, -0.2) is 0 Å². The fourth-order valence-electron chi connectivity index (χ4n) is 0.971. The molecular formula is C9H12ClN. The molecule has 0 saturated carbocycles. The van der Waals surface area contributed by atoms with Gasteiger partial charge < -0.3 is 0 Å². The van der Waals surface area contributed by atoms with E-state index in [-0.39, 0.29) is 0 Å². The van der Waals surface area contributed by atoms with E-state index < -0.39 is 0 Å². The standard InChI is InChI=1S/C9H12ClN/c1-3-8-5-7(10)6-9(4-2)11-8/h5-6H,3-4H2,1-2H3. The lowest BCUT2D eigenvalue weighted by Crippen LogP contribution is -1.92. The maximum absolute atomic E-state index is 5.87. The molecule has 0 atom stereocenters. The van der Waals surface area contributed by atoms with Crippen LogP contribution in [0.15, 0.2) is 12.1 Å². The van der Waals surface area contributed by atoms with E-state index in [1.807, 2.05) is 12.1 Å². The van der Waals surface area contributed by atoms with Crippen molar-refractivity contribution in [2.45, 2.75) is 26.7 Å². The van der Waals surface area contributed by atoms with E-state index in [9.17, 15) is 0 Å². The van der Waals surface area contributed by atoms with Crippen LogP contribution < -0.4 is 0 Å². The van der Waals surface area contributed by atoms with Crippen molar-refractivity contribution in [2.24, 2.45) is 0 Å². The maximum Gasteiger partial charge on any atom is 0.0442 e. The molecule has 1 heterocycles. The van der Waals surface area contributed by atoms with Gasteiger partial charge >= 0.3 is 0 Å². The predicted molar refractivity (Wildman–Crippen MR) is 48.0 cm³/mol. The Morgan fingerprint density at radius 1 is 1.18 bits per heavy atom. The lowest BCUT2D eigenvalue weighted by molar-refractivity contribution is 0.955. The van der Waals surface area contributed by atoms with Crippen molar-refractivity contribution in [2.75, 3.05) is 0 Å². The SMILES string of the molecule is CCc1cc(Cl)cc(CC)n1. The van der Waals surface area contributed by atoms with Crippen LogP contribution in [0.5, 0.6) is 0 Å². The summed E-state index contributed by atoms with van der Waals surface area (Å²) in [5.41, 5.74) is 2.16. The molecule has 0 saturated heterocycles. The molecule has 0 unspecified atom stereocenters. The minimum atomic E-state index is 0.800. The summed E-state index contributed by atoms with van der Waals surface area (Å²) in [7, 11) is 0. The van der Waals surface area contributed by atoms with Crippen molar-refractivity contribution in [3.8, 4) is 0 Å². The van der Waals surface area contributed by atoms with Gasteiger partial charge in [-0.2, -0.15) is 0 Å². The van der Waals surface area contributed by atoms with Crippen molar-refractivity contribution < 1.29 is 0 Å². The second kappa shape index (κ2) is 3.72. The van der Waals surface area contributed by atoms with Gasteiger partial charge in [0, 0.05) is 16.4 Å². The first kappa shape index (κ1) is 8.54. The average molecular weight is 170 g/mol. The summed E-state index contributed by atoms with van der Waals surface area (Å²) >= 11 is 5.87. The molecule has 2 heteroatoms. The Kier molecular flexibility index (Phi) is 2.89. The molecule has 0 amide bonds. The number of pyridine rings is 1. The van der Waals surface area contributed by atoms with Gasteiger partial charge in [0.15, 0.2) is 0 Å². The lowest BCUT2D eigenvalue weighted by atomic mass is 10.2. The number of hydrogen-bond donors (Lipinski definition) is 0. The number of halogens is 1. The summed E-state index contributed by atoms with van der Waals surface area (Å²) in [6.07, 6.45) is 1.90. The van der Waals surface area contributed by atoms with Crippen LogP contribution in [0.2, 0.25) is 5.02 Å². The number of nitrogens with zero attached hydrogens (tertiary/aromatic N) is 1.